The van der Waals surface area contributed by atoms with Crippen LogP contribution in [-0.4, -0.2) is 32.3 Å². The van der Waals surface area contributed by atoms with Gasteiger partial charge in [-0.15, -0.1) is 13.2 Å². The molecule has 0 aliphatic carbocycles. The van der Waals surface area contributed by atoms with Gasteiger partial charge < -0.3 is 18.9 Å². The van der Waals surface area contributed by atoms with E-state index in [2.05, 4.69) is 26.3 Å². The molecule has 0 aliphatic rings. The van der Waals surface area contributed by atoms with E-state index in [1.54, 1.807) is 62.4 Å². The summed E-state index contributed by atoms with van der Waals surface area (Å²) in [6.45, 7) is 27.6. The molecule has 8 nitrogen and oxygen atoms in total. The minimum absolute atomic E-state index is 0.296. The monoisotopic (exact) mass is 628 g/mol. The molecule has 0 unspecified atom stereocenters. The average molecular weight is 629 g/mol. The Labute approximate surface area is 272 Å². The number of carbonyl (C=O) groups is 4. The first-order chi connectivity index (χ1) is 21.6. The highest BCUT2D eigenvalue weighted by Crippen LogP contribution is 2.44. The van der Waals surface area contributed by atoms with Crippen LogP contribution in [0.4, 0.5) is 0 Å². The Hall–Kier alpha value is -5.50. The Morgan fingerprint density at radius 2 is 1.15 bits per heavy atom. The Bertz CT molecular complexity index is 1530. The molecule has 3 aromatic rings. The lowest BCUT2D eigenvalue weighted by atomic mass is 9.95. The minimum Gasteiger partial charge on any atom is -0.496 e. The SMILES string of the molecule is C=C(C)C.C=C(C)C.C=C(C)C(=O)Oc1ccc(-c2cc(OC)c(-c3ccc(OC=O)cc3C)c(OC=O)c2)cc1.C=C(C)C=O. The third-order valence-electron chi connectivity index (χ3n) is 5.06. The Kier molecular flexibility index (Phi) is 18.7. The summed E-state index contributed by atoms with van der Waals surface area (Å²) in [4.78, 5) is 43.0. The molecule has 0 heterocycles. The number of aryl methyl sites for hydroxylation is 1. The number of benzene rings is 3. The van der Waals surface area contributed by atoms with E-state index >= 15 is 0 Å². The van der Waals surface area contributed by atoms with Crippen molar-refractivity contribution in [1.82, 2.24) is 0 Å². The molecule has 0 radical (unpaired) electrons. The second-order valence-electron chi connectivity index (χ2n) is 10.5. The summed E-state index contributed by atoms with van der Waals surface area (Å²) in [7, 11) is 1.52. The molecule has 244 valence electrons. The van der Waals surface area contributed by atoms with Crippen molar-refractivity contribution in [2.45, 2.75) is 48.5 Å². The van der Waals surface area contributed by atoms with Crippen LogP contribution in [0.25, 0.3) is 22.3 Å². The molecule has 0 atom stereocenters. The topological polar surface area (TPSA) is 105 Å². The van der Waals surface area contributed by atoms with E-state index in [-0.39, 0.29) is 0 Å². The molecule has 3 aromatic carbocycles. The van der Waals surface area contributed by atoms with Crippen LogP contribution in [0.15, 0.2) is 103 Å². The van der Waals surface area contributed by atoms with Gasteiger partial charge in [-0.1, -0.05) is 42.5 Å². The van der Waals surface area contributed by atoms with Crippen LogP contribution in [-0.2, 0) is 19.2 Å². The Morgan fingerprint density at radius 1 is 0.674 bits per heavy atom. The molecule has 0 saturated heterocycles. The van der Waals surface area contributed by atoms with E-state index in [4.69, 9.17) is 18.9 Å². The molecule has 0 N–H and O–H groups in total. The molecule has 0 bridgehead atoms. The first-order valence-corrected chi connectivity index (χ1v) is 14.0. The van der Waals surface area contributed by atoms with Gasteiger partial charge in [0.05, 0.1) is 12.7 Å². The van der Waals surface area contributed by atoms with Gasteiger partial charge in [-0.2, -0.15) is 0 Å². The molecule has 0 aliphatic heterocycles. The van der Waals surface area contributed by atoms with Gasteiger partial charge in [0.1, 0.15) is 29.3 Å². The van der Waals surface area contributed by atoms with Gasteiger partial charge in [-0.25, -0.2) is 4.79 Å². The third kappa shape index (κ3) is 15.3. The molecule has 0 amide bonds. The van der Waals surface area contributed by atoms with Gasteiger partial charge in [0.2, 0.25) is 0 Å². The zero-order valence-corrected chi connectivity index (χ0v) is 28.0. The van der Waals surface area contributed by atoms with Crippen molar-refractivity contribution in [3.8, 4) is 45.3 Å². The van der Waals surface area contributed by atoms with Crippen molar-refractivity contribution in [2.24, 2.45) is 0 Å². The van der Waals surface area contributed by atoms with E-state index in [1.165, 1.54) is 18.3 Å². The molecule has 0 spiro atoms. The van der Waals surface area contributed by atoms with Crippen LogP contribution in [0.1, 0.15) is 47.1 Å². The fraction of sp³-hybridized carbons (Fsp3) is 0.211. The van der Waals surface area contributed by atoms with Crippen molar-refractivity contribution in [1.29, 1.82) is 0 Å². The van der Waals surface area contributed by atoms with Gasteiger partial charge in [0.15, 0.2) is 0 Å². The van der Waals surface area contributed by atoms with Crippen LogP contribution in [0.3, 0.4) is 0 Å². The summed E-state index contributed by atoms with van der Waals surface area (Å²) in [5, 5.41) is 0. The lowest BCUT2D eigenvalue weighted by Gasteiger charge is -2.17. The standard InChI is InChI=1S/C26H22O7.C4H6O.2C4H8/c1-16(2)26(29)33-20-7-5-18(6-8-20)19-12-23(30-4)25(24(13-19)32-15-28)22-10-9-21(31-14-27)11-17(22)3;1-4(2)3-5;2*1-4(2)3/h5-15H,1H2,2-4H3;3H,1H2,2H3;2*1H2,2-3H3. The maximum absolute atomic E-state index is 11.7. The Balaban J connectivity index is 0.00000132. The number of carbonyl (C=O) groups excluding carboxylic acids is 4. The first kappa shape index (κ1) is 40.5. The largest absolute Gasteiger partial charge is 0.496 e. The zero-order valence-electron chi connectivity index (χ0n) is 28.0. The van der Waals surface area contributed by atoms with Crippen LogP contribution in [0, 0.1) is 6.92 Å². The molecule has 8 heteroatoms. The molecule has 0 saturated carbocycles. The van der Waals surface area contributed by atoms with Gasteiger partial charge in [-0.3, -0.25) is 14.4 Å². The number of aldehydes is 1. The number of rotatable bonds is 10. The number of hydrogen-bond donors (Lipinski definition) is 0. The van der Waals surface area contributed by atoms with Crippen LogP contribution in [0.2, 0.25) is 0 Å². The van der Waals surface area contributed by atoms with E-state index in [0.29, 0.717) is 52.7 Å². The van der Waals surface area contributed by atoms with Gasteiger partial charge in [0.25, 0.3) is 12.9 Å². The number of ether oxygens (including phenoxy) is 4. The summed E-state index contributed by atoms with van der Waals surface area (Å²) in [6, 6.07) is 15.5. The van der Waals surface area contributed by atoms with E-state index in [9.17, 15) is 19.2 Å². The molecule has 0 aromatic heterocycles. The summed E-state index contributed by atoms with van der Waals surface area (Å²) in [5.74, 6) is 1.05. The highest BCUT2D eigenvalue weighted by Gasteiger charge is 2.18. The second kappa shape index (κ2) is 21.2. The maximum Gasteiger partial charge on any atom is 0.338 e. The zero-order chi connectivity index (χ0) is 35.4. The molecule has 46 heavy (non-hydrogen) atoms. The van der Waals surface area contributed by atoms with Crippen molar-refractivity contribution in [3.05, 3.63) is 109 Å². The molecular formula is C38H44O8. The Morgan fingerprint density at radius 3 is 1.57 bits per heavy atom. The van der Waals surface area contributed by atoms with Crippen LogP contribution < -0.4 is 18.9 Å². The van der Waals surface area contributed by atoms with Gasteiger partial charge in [0, 0.05) is 5.57 Å². The smallest absolute Gasteiger partial charge is 0.338 e. The normalized spacial score (nSPS) is 9.13. The molecule has 3 rings (SSSR count). The summed E-state index contributed by atoms with van der Waals surface area (Å²) < 4.78 is 21.1. The summed E-state index contributed by atoms with van der Waals surface area (Å²) >= 11 is 0. The minimum atomic E-state index is -0.504. The van der Waals surface area contributed by atoms with E-state index < -0.39 is 5.97 Å². The first-order valence-electron chi connectivity index (χ1n) is 14.0. The van der Waals surface area contributed by atoms with Crippen LogP contribution >= 0.6 is 0 Å². The predicted molar refractivity (Wildman–Crippen MR) is 184 cm³/mol. The fourth-order valence-electron chi connectivity index (χ4n) is 3.28. The molecular weight excluding hydrogens is 584 g/mol. The fourth-order valence-corrected chi connectivity index (χ4v) is 3.28. The second-order valence-corrected chi connectivity index (χ2v) is 10.5. The van der Waals surface area contributed by atoms with Gasteiger partial charge in [-0.05, 0) is 113 Å². The average Bonchev–Trinajstić information content (AvgIpc) is 2.97. The molecule has 0 fully saturated rings. The van der Waals surface area contributed by atoms with E-state index in [0.717, 1.165) is 28.5 Å². The number of hydrogen-bond acceptors (Lipinski definition) is 8. The lowest BCUT2D eigenvalue weighted by molar-refractivity contribution is -0.130. The third-order valence-corrected chi connectivity index (χ3v) is 5.06. The predicted octanol–water partition coefficient (Wildman–Crippen LogP) is 8.82. The van der Waals surface area contributed by atoms with Crippen molar-refractivity contribution >= 4 is 25.2 Å². The van der Waals surface area contributed by atoms with Crippen LogP contribution in [0.5, 0.6) is 23.0 Å². The van der Waals surface area contributed by atoms with Crippen molar-refractivity contribution in [2.75, 3.05) is 7.11 Å². The number of allylic oxidation sites excluding steroid dienone is 3. The van der Waals surface area contributed by atoms with Crippen molar-refractivity contribution < 1.29 is 38.1 Å². The summed E-state index contributed by atoms with van der Waals surface area (Å²) in [5.41, 5.74) is 6.84. The number of esters is 1. The van der Waals surface area contributed by atoms with Crippen molar-refractivity contribution in [3.63, 3.8) is 0 Å². The summed E-state index contributed by atoms with van der Waals surface area (Å²) in [6.07, 6.45) is 0.722. The quantitative estimate of drug-likeness (QED) is 0.0721. The lowest BCUT2D eigenvalue weighted by Crippen LogP contribution is -2.07. The highest BCUT2D eigenvalue weighted by molar-refractivity contribution is 5.89. The van der Waals surface area contributed by atoms with E-state index in [1.807, 2.05) is 40.7 Å². The highest BCUT2D eigenvalue weighted by atomic mass is 16.5. The van der Waals surface area contributed by atoms with Gasteiger partial charge >= 0.3 is 5.97 Å². The number of methoxy groups -OCH3 is 1. The maximum atomic E-state index is 11.7.